The van der Waals surface area contributed by atoms with Gasteiger partial charge in [-0.15, -0.1) is 0 Å². The molecule has 0 aliphatic carbocycles. The van der Waals surface area contributed by atoms with E-state index in [1.54, 1.807) is 24.3 Å². The highest BCUT2D eigenvalue weighted by atomic mass is 35.5. The van der Waals surface area contributed by atoms with Crippen LogP contribution in [0.15, 0.2) is 48.5 Å². The van der Waals surface area contributed by atoms with E-state index < -0.39 is 23.2 Å². The van der Waals surface area contributed by atoms with Gasteiger partial charge in [0, 0.05) is 17.1 Å². The summed E-state index contributed by atoms with van der Waals surface area (Å²) in [7, 11) is 0. The molecule has 0 saturated carbocycles. The van der Waals surface area contributed by atoms with Gasteiger partial charge in [-0.1, -0.05) is 35.9 Å². The molecule has 0 atom stereocenters. The molecule has 0 unspecified atom stereocenters. The molecule has 2 aromatic carbocycles. The third kappa shape index (κ3) is 3.80. The maximum atomic E-state index is 13.0. The molecule has 128 valence electrons. The van der Waals surface area contributed by atoms with Crippen LogP contribution in [0.5, 0.6) is 0 Å². The summed E-state index contributed by atoms with van der Waals surface area (Å²) in [5.41, 5.74) is -0.926. The van der Waals surface area contributed by atoms with Gasteiger partial charge in [0.15, 0.2) is 5.82 Å². The molecule has 0 saturated heterocycles. The van der Waals surface area contributed by atoms with Crippen LogP contribution in [-0.4, -0.2) is 15.3 Å². The second kappa shape index (κ2) is 6.81. The fraction of sp³-hybridized carbons (Fsp3) is 0.0625. The summed E-state index contributed by atoms with van der Waals surface area (Å²) < 4.78 is 43.1. The summed E-state index contributed by atoms with van der Waals surface area (Å²) in [6.45, 7) is 0. The number of alkyl halides is 3. The molecule has 3 aromatic rings. The zero-order valence-electron chi connectivity index (χ0n) is 12.3. The van der Waals surface area contributed by atoms with E-state index in [1.807, 2.05) is 0 Å². The predicted molar refractivity (Wildman–Crippen MR) is 89.8 cm³/mol. The molecule has 0 aliphatic rings. The molecule has 4 nitrogen and oxygen atoms in total. The number of carbonyl (C=O) groups is 1. The number of carbonyl (C=O) groups excluding carboxylic acids is 1. The van der Waals surface area contributed by atoms with Gasteiger partial charge in [0.05, 0.1) is 16.1 Å². The third-order valence-electron chi connectivity index (χ3n) is 3.24. The van der Waals surface area contributed by atoms with Gasteiger partial charge in [-0.2, -0.15) is 22.5 Å². The highest BCUT2D eigenvalue weighted by molar-refractivity contribution is 7.10. The fourth-order valence-electron chi connectivity index (χ4n) is 2.12. The van der Waals surface area contributed by atoms with Crippen molar-refractivity contribution in [2.75, 3.05) is 5.32 Å². The standard InChI is InChI=1S/C16H9ClF3N3OS/c17-12-8-4-2-6-10(12)13-21-15(25-23-13)22-14(24)9-5-1-3-7-11(9)16(18,19)20/h1-8H,(H,21,22,23,24). The van der Waals surface area contributed by atoms with E-state index in [1.165, 1.54) is 12.1 Å². The zero-order chi connectivity index (χ0) is 18.0. The van der Waals surface area contributed by atoms with Gasteiger partial charge < -0.3 is 0 Å². The number of hydrogen-bond acceptors (Lipinski definition) is 4. The molecule has 0 fully saturated rings. The molecule has 1 N–H and O–H groups in total. The quantitative estimate of drug-likeness (QED) is 0.682. The Hall–Kier alpha value is -2.45. The first kappa shape index (κ1) is 17.4. The summed E-state index contributed by atoms with van der Waals surface area (Å²) in [6.07, 6.45) is -4.63. The number of rotatable bonds is 3. The van der Waals surface area contributed by atoms with E-state index in [-0.39, 0.29) is 11.0 Å². The van der Waals surface area contributed by atoms with E-state index >= 15 is 0 Å². The first-order chi connectivity index (χ1) is 11.9. The monoisotopic (exact) mass is 383 g/mol. The number of hydrogen-bond donors (Lipinski definition) is 1. The molecule has 1 heterocycles. The summed E-state index contributed by atoms with van der Waals surface area (Å²) in [5, 5.41) is 2.85. The van der Waals surface area contributed by atoms with Crippen molar-refractivity contribution in [3.63, 3.8) is 0 Å². The summed E-state index contributed by atoms with van der Waals surface area (Å²) >= 11 is 6.91. The fourth-order valence-corrected chi connectivity index (χ4v) is 2.92. The highest BCUT2D eigenvalue weighted by Gasteiger charge is 2.35. The van der Waals surface area contributed by atoms with E-state index in [0.717, 1.165) is 23.7 Å². The lowest BCUT2D eigenvalue weighted by Gasteiger charge is -2.11. The lowest BCUT2D eigenvalue weighted by atomic mass is 10.1. The largest absolute Gasteiger partial charge is 0.417 e. The molecule has 1 aromatic heterocycles. The molecule has 0 spiro atoms. The van der Waals surface area contributed by atoms with Crippen LogP contribution in [-0.2, 0) is 6.18 Å². The number of halogens is 4. The number of benzene rings is 2. The van der Waals surface area contributed by atoms with Gasteiger partial charge in [-0.25, -0.2) is 0 Å². The maximum Gasteiger partial charge on any atom is 0.417 e. The molecule has 1 amide bonds. The molecular weight excluding hydrogens is 375 g/mol. The average Bonchev–Trinajstić information content (AvgIpc) is 3.02. The van der Waals surface area contributed by atoms with Gasteiger partial charge in [0.25, 0.3) is 5.91 Å². The predicted octanol–water partition coefficient (Wildman–Crippen LogP) is 5.13. The van der Waals surface area contributed by atoms with Crippen LogP contribution in [0.4, 0.5) is 18.3 Å². The van der Waals surface area contributed by atoms with E-state index in [2.05, 4.69) is 14.7 Å². The van der Waals surface area contributed by atoms with Crippen molar-refractivity contribution in [2.24, 2.45) is 0 Å². The average molecular weight is 384 g/mol. The number of anilines is 1. The van der Waals surface area contributed by atoms with Crippen molar-refractivity contribution in [1.82, 2.24) is 9.36 Å². The minimum Gasteiger partial charge on any atom is -0.297 e. The normalized spacial score (nSPS) is 11.4. The lowest BCUT2D eigenvalue weighted by molar-refractivity contribution is -0.137. The lowest BCUT2D eigenvalue weighted by Crippen LogP contribution is -2.18. The molecular formula is C16H9ClF3N3OS. The number of nitrogens with one attached hydrogen (secondary N) is 1. The van der Waals surface area contributed by atoms with Crippen LogP contribution in [0.3, 0.4) is 0 Å². The zero-order valence-corrected chi connectivity index (χ0v) is 13.9. The van der Waals surface area contributed by atoms with E-state index in [4.69, 9.17) is 11.6 Å². The Bertz CT molecular complexity index is 927. The molecule has 0 aliphatic heterocycles. The van der Waals surface area contributed by atoms with Crippen LogP contribution >= 0.6 is 23.1 Å². The smallest absolute Gasteiger partial charge is 0.297 e. The van der Waals surface area contributed by atoms with Gasteiger partial charge >= 0.3 is 6.18 Å². The van der Waals surface area contributed by atoms with Crippen LogP contribution in [0, 0.1) is 0 Å². The van der Waals surface area contributed by atoms with Crippen molar-refractivity contribution in [3.05, 3.63) is 64.7 Å². The molecule has 0 radical (unpaired) electrons. The van der Waals surface area contributed by atoms with Crippen LogP contribution in [0.25, 0.3) is 11.4 Å². The third-order valence-corrected chi connectivity index (χ3v) is 4.20. The van der Waals surface area contributed by atoms with Crippen molar-refractivity contribution in [3.8, 4) is 11.4 Å². The number of aromatic nitrogens is 2. The minimum absolute atomic E-state index is 0.0805. The van der Waals surface area contributed by atoms with Crippen LogP contribution in [0.1, 0.15) is 15.9 Å². The summed E-state index contributed by atoms with van der Waals surface area (Å²) in [5.74, 6) is -0.621. The Morgan fingerprint density at radius 3 is 2.48 bits per heavy atom. The Balaban J connectivity index is 1.85. The first-order valence-electron chi connectivity index (χ1n) is 6.92. The van der Waals surface area contributed by atoms with E-state index in [0.29, 0.717) is 10.6 Å². The minimum atomic E-state index is -4.63. The second-order valence-corrected chi connectivity index (χ2v) is 6.06. The van der Waals surface area contributed by atoms with Crippen LogP contribution in [0.2, 0.25) is 5.02 Å². The Morgan fingerprint density at radius 2 is 1.76 bits per heavy atom. The Morgan fingerprint density at radius 1 is 1.08 bits per heavy atom. The Kier molecular flexibility index (Phi) is 4.73. The van der Waals surface area contributed by atoms with Gasteiger partial charge in [-0.3, -0.25) is 10.1 Å². The van der Waals surface area contributed by atoms with Gasteiger partial charge in [-0.05, 0) is 24.3 Å². The Labute approximate surface area is 149 Å². The molecule has 3 rings (SSSR count). The SMILES string of the molecule is O=C(Nc1nc(-c2ccccc2Cl)ns1)c1ccccc1C(F)(F)F. The van der Waals surface area contributed by atoms with E-state index in [9.17, 15) is 18.0 Å². The molecule has 9 heteroatoms. The number of amides is 1. The van der Waals surface area contributed by atoms with Gasteiger partial charge in [0.1, 0.15) is 0 Å². The van der Waals surface area contributed by atoms with Crippen molar-refractivity contribution in [1.29, 1.82) is 0 Å². The van der Waals surface area contributed by atoms with Crippen molar-refractivity contribution < 1.29 is 18.0 Å². The molecule has 0 bridgehead atoms. The highest BCUT2D eigenvalue weighted by Crippen LogP contribution is 2.32. The van der Waals surface area contributed by atoms with Crippen molar-refractivity contribution in [2.45, 2.75) is 6.18 Å². The van der Waals surface area contributed by atoms with Crippen LogP contribution < -0.4 is 5.32 Å². The topological polar surface area (TPSA) is 54.9 Å². The first-order valence-corrected chi connectivity index (χ1v) is 8.07. The van der Waals surface area contributed by atoms with Crippen molar-refractivity contribution >= 4 is 34.2 Å². The second-order valence-electron chi connectivity index (χ2n) is 4.90. The number of nitrogens with zero attached hydrogens (tertiary/aromatic N) is 2. The molecule has 25 heavy (non-hydrogen) atoms. The maximum absolute atomic E-state index is 13.0. The summed E-state index contributed by atoms with van der Waals surface area (Å²) in [4.78, 5) is 16.3. The van der Waals surface area contributed by atoms with Gasteiger partial charge in [0.2, 0.25) is 5.13 Å². The summed E-state index contributed by atoms with van der Waals surface area (Å²) in [6, 6.07) is 11.4.